The minimum absolute atomic E-state index is 0.267. The number of hydrogen-bond acceptors (Lipinski definition) is 2. The zero-order valence-electron chi connectivity index (χ0n) is 17.3. The third kappa shape index (κ3) is 4.57. The van der Waals surface area contributed by atoms with Crippen LogP contribution >= 0.6 is 0 Å². The lowest BCUT2D eigenvalue weighted by atomic mass is 10.1. The quantitative estimate of drug-likeness (QED) is 0.599. The Morgan fingerprint density at radius 3 is 2.34 bits per heavy atom. The standard InChI is InChI=1S/C24H27FN2O2/c1-15-5-6-16(2)20(11-15)14-27-17(3)22(23(18(27)4)24(28)29)13-26-12-19-7-9-21(25)10-8-19/h5-11,26H,12-14H2,1-4H3,(H,28,29). The van der Waals surface area contributed by atoms with Gasteiger partial charge in [0.25, 0.3) is 0 Å². The first-order valence-electron chi connectivity index (χ1n) is 9.71. The van der Waals surface area contributed by atoms with Gasteiger partial charge in [-0.05, 0) is 56.5 Å². The molecule has 0 fully saturated rings. The van der Waals surface area contributed by atoms with Gasteiger partial charge in [0, 0.05) is 36.6 Å². The molecule has 0 amide bonds. The molecule has 29 heavy (non-hydrogen) atoms. The van der Waals surface area contributed by atoms with Crippen molar-refractivity contribution >= 4 is 5.97 Å². The maximum absolute atomic E-state index is 13.1. The second kappa shape index (κ2) is 8.62. The molecular weight excluding hydrogens is 367 g/mol. The number of aromatic carboxylic acids is 1. The smallest absolute Gasteiger partial charge is 0.337 e. The van der Waals surface area contributed by atoms with Crippen LogP contribution in [-0.2, 0) is 19.6 Å². The van der Waals surface area contributed by atoms with Gasteiger partial charge in [0.05, 0.1) is 5.56 Å². The number of aryl methyl sites for hydroxylation is 2. The molecule has 2 N–H and O–H groups in total. The van der Waals surface area contributed by atoms with E-state index in [0.717, 1.165) is 22.5 Å². The Balaban J connectivity index is 1.86. The van der Waals surface area contributed by atoms with Crippen LogP contribution in [0.15, 0.2) is 42.5 Å². The van der Waals surface area contributed by atoms with Gasteiger partial charge in [-0.2, -0.15) is 0 Å². The molecule has 0 atom stereocenters. The van der Waals surface area contributed by atoms with Crippen molar-refractivity contribution in [2.24, 2.45) is 0 Å². The second-order valence-corrected chi connectivity index (χ2v) is 7.58. The van der Waals surface area contributed by atoms with Gasteiger partial charge in [0.2, 0.25) is 0 Å². The number of hydrogen-bond donors (Lipinski definition) is 2. The lowest BCUT2D eigenvalue weighted by molar-refractivity contribution is 0.0694. The summed E-state index contributed by atoms with van der Waals surface area (Å²) in [7, 11) is 0. The molecule has 152 valence electrons. The average molecular weight is 394 g/mol. The lowest BCUT2D eigenvalue weighted by Crippen LogP contribution is -2.15. The van der Waals surface area contributed by atoms with Crippen LogP contribution in [0.25, 0.3) is 0 Å². The molecule has 1 heterocycles. The Morgan fingerprint density at radius 1 is 1.00 bits per heavy atom. The van der Waals surface area contributed by atoms with Crippen LogP contribution in [0.3, 0.4) is 0 Å². The van der Waals surface area contributed by atoms with Crippen molar-refractivity contribution in [3.63, 3.8) is 0 Å². The highest BCUT2D eigenvalue weighted by molar-refractivity contribution is 5.91. The molecule has 4 nitrogen and oxygen atoms in total. The van der Waals surface area contributed by atoms with E-state index < -0.39 is 5.97 Å². The first kappa shape index (κ1) is 20.8. The van der Waals surface area contributed by atoms with Gasteiger partial charge in [-0.15, -0.1) is 0 Å². The van der Waals surface area contributed by atoms with Crippen LogP contribution in [0.1, 0.15) is 49.6 Å². The monoisotopic (exact) mass is 394 g/mol. The highest BCUT2D eigenvalue weighted by Gasteiger charge is 2.22. The van der Waals surface area contributed by atoms with Crippen LogP contribution in [-0.4, -0.2) is 15.6 Å². The van der Waals surface area contributed by atoms with Gasteiger partial charge < -0.3 is 15.0 Å². The molecule has 3 rings (SSSR count). The maximum atomic E-state index is 13.1. The molecule has 2 aromatic carbocycles. The summed E-state index contributed by atoms with van der Waals surface area (Å²) in [5.74, 6) is -1.18. The summed E-state index contributed by atoms with van der Waals surface area (Å²) in [4.78, 5) is 12.0. The van der Waals surface area contributed by atoms with Crippen molar-refractivity contribution in [2.75, 3.05) is 0 Å². The van der Waals surface area contributed by atoms with E-state index in [1.807, 2.05) is 13.8 Å². The predicted molar refractivity (Wildman–Crippen MR) is 113 cm³/mol. The van der Waals surface area contributed by atoms with Gasteiger partial charge in [0.15, 0.2) is 0 Å². The van der Waals surface area contributed by atoms with Gasteiger partial charge in [-0.3, -0.25) is 0 Å². The van der Waals surface area contributed by atoms with Crippen molar-refractivity contribution in [2.45, 2.75) is 47.3 Å². The molecular formula is C24H27FN2O2. The van der Waals surface area contributed by atoms with Crippen LogP contribution in [0.5, 0.6) is 0 Å². The van der Waals surface area contributed by atoms with Crippen molar-refractivity contribution in [1.82, 2.24) is 9.88 Å². The third-order valence-corrected chi connectivity index (χ3v) is 5.50. The van der Waals surface area contributed by atoms with Crippen LogP contribution in [0.2, 0.25) is 0 Å². The van der Waals surface area contributed by atoms with E-state index in [1.54, 1.807) is 12.1 Å². The molecule has 0 bridgehead atoms. The van der Waals surface area contributed by atoms with Crippen LogP contribution < -0.4 is 5.32 Å². The predicted octanol–water partition coefficient (Wildman–Crippen LogP) is 4.90. The summed E-state index contributed by atoms with van der Waals surface area (Å²) in [6.07, 6.45) is 0. The molecule has 5 heteroatoms. The molecule has 3 aromatic rings. The fraction of sp³-hybridized carbons (Fsp3) is 0.292. The minimum atomic E-state index is -0.913. The molecule has 0 saturated carbocycles. The number of carboxylic acids is 1. The van der Waals surface area contributed by atoms with E-state index in [4.69, 9.17) is 0 Å². The fourth-order valence-corrected chi connectivity index (χ4v) is 3.76. The molecule has 0 aliphatic carbocycles. The minimum Gasteiger partial charge on any atom is -0.478 e. The number of rotatable bonds is 7. The first-order chi connectivity index (χ1) is 13.8. The van der Waals surface area contributed by atoms with Gasteiger partial charge in [0.1, 0.15) is 5.82 Å². The van der Waals surface area contributed by atoms with Crippen molar-refractivity contribution in [3.05, 3.63) is 93.1 Å². The number of halogens is 1. The Bertz CT molecular complexity index is 1040. The Hall–Kier alpha value is -2.92. The Labute approximate surface area is 171 Å². The zero-order valence-corrected chi connectivity index (χ0v) is 17.3. The van der Waals surface area contributed by atoms with Gasteiger partial charge >= 0.3 is 5.97 Å². The number of nitrogens with zero attached hydrogens (tertiary/aromatic N) is 1. The second-order valence-electron chi connectivity index (χ2n) is 7.58. The molecule has 0 aliphatic heterocycles. The number of carboxylic acid groups (broad SMARTS) is 1. The third-order valence-electron chi connectivity index (χ3n) is 5.50. The van der Waals surface area contributed by atoms with E-state index in [0.29, 0.717) is 25.2 Å². The van der Waals surface area contributed by atoms with Crippen LogP contribution in [0, 0.1) is 33.5 Å². The summed E-state index contributed by atoms with van der Waals surface area (Å²) in [6, 6.07) is 12.6. The summed E-state index contributed by atoms with van der Waals surface area (Å²) in [5.41, 5.74) is 7.38. The van der Waals surface area contributed by atoms with E-state index in [2.05, 4.69) is 41.9 Å². The summed E-state index contributed by atoms with van der Waals surface area (Å²) < 4.78 is 15.1. The molecule has 0 aliphatic rings. The number of carbonyl (C=O) groups is 1. The molecule has 1 aromatic heterocycles. The highest BCUT2D eigenvalue weighted by atomic mass is 19.1. The lowest BCUT2D eigenvalue weighted by Gasteiger charge is -2.13. The normalized spacial score (nSPS) is 11.1. The summed E-state index contributed by atoms with van der Waals surface area (Å²) in [5, 5.41) is 13.1. The van der Waals surface area contributed by atoms with Crippen LogP contribution in [0.4, 0.5) is 4.39 Å². The topological polar surface area (TPSA) is 54.3 Å². The largest absolute Gasteiger partial charge is 0.478 e. The van der Waals surface area contributed by atoms with E-state index in [9.17, 15) is 14.3 Å². The Kier molecular flexibility index (Phi) is 6.18. The zero-order chi connectivity index (χ0) is 21.1. The summed E-state index contributed by atoms with van der Waals surface area (Å²) >= 11 is 0. The maximum Gasteiger partial charge on any atom is 0.337 e. The highest BCUT2D eigenvalue weighted by Crippen LogP contribution is 2.25. The summed E-state index contributed by atoms with van der Waals surface area (Å²) in [6.45, 7) is 9.59. The van der Waals surface area contributed by atoms with Crippen molar-refractivity contribution in [1.29, 1.82) is 0 Å². The molecule has 0 radical (unpaired) electrons. The van der Waals surface area contributed by atoms with Crippen molar-refractivity contribution < 1.29 is 14.3 Å². The number of benzene rings is 2. The van der Waals surface area contributed by atoms with Gasteiger partial charge in [-0.1, -0.05) is 35.9 Å². The number of aromatic nitrogens is 1. The first-order valence-corrected chi connectivity index (χ1v) is 9.71. The van der Waals surface area contributed by atoms with Gasteiger partial charge in [-0.25, -0.2) is 9.18 Å². The van der Waals surface area contributed by atoms with E-state index >= 15 is 0 Å². The van der Waals surface area contributed by atoms with Crippen molar-refractivity contribution in [3.8, 4) is 0 Å². The number of nitrogens with one attached hydrogen (secondary N) is 1. The Morgan fingerprint density at radius 2 is 1.69 bits per heavy atom. The molecule has 0 saturated heterocycles. The fourth-order valence-electron chi connectivity index (χ4n) is 3.76. The molecule has 0 unspecified atom stereocenters. The molecule has 0 spiro atoms. The SMILES string of the molecule is Cc1ccc(C)c(Cn2c(C)c(CNCc3ccc(F)cc3)c(C(=O)O)c2C)c1. The van der Waals surface area contributed by atoms with E-state index in [1.165, 1.54) is 28.8 Å². The average Bonchev–Trinajstić information content (AvgIpc) is 2.90. The van der Waals surface area contributed by atoms with E-state index in [-0.39, 0.29) is 5.82 Å².